The zero-order chi connectivity index (χ0) is 11.6. The van der Waals surface area contributed by atoms with E-state index in [1.54, 1.807) is 19.9 Å². The molecular formula is C12H16O4. The van der Waals surface area contributed by atoms with Gasteiger partial charge in [-0.3, -0.25) is 0 Å². The van der Waals surface area contributed by atoms with Crippen molar-refractivity contribution in [3.8, 4) is 17.2 Å². The van der Waals surface area contributed by atoms with E-state index >= 15 is 0 Å². The standard InChI is InChI=1S/C12H16O4/c1-12(2,13)5-6-14-9-3-4-10-11(7-9)16-8-15-10/h3-4,7,13H,5-6,8H2,1-2H3. The first-order chi connectivity index (χ1) is 7.54. The topological polar surface area (TPSA) is 47.9 Å². The molecule has 1 aliphatic heterocycles. The minimum absolute atomic E-state index is 0.266. The van der Waals surface area contributed by atoms with Crippen LogP contribution in [0.25, 0.3) is 0 Å². The zero-order valence-electron chi connectivity index (χ0n) is 9.53. The van der Waals surface area contributed by atoms with Crippen molar-refractivity contribution in [3.05, 3.63) is 18.2 Å². The summed E-state index contributed by atoms with van der Waals surface area (Å²) in [5, 5.41) is 9.53. The quantitative estimate of drug-likeness (QED) is 0.849. The highest BCUT2D eigenvalue weighted by Gasteiger charge is 2.15. The van der Waals surface area contributed by atoms with Crippen LogP contribution in [0.5, 0.6) is 17.2 Å². The summed E-state index contributed by atoms with van der Waals surface area (Å²) >= 11 is 0. The molecule has 0 unspecified atom stereocenters. The average molecular weight is 224 g/mol. The molecule has 0 saturated carbocycles. The highest BCUT2D eigenvalue weighted by Crippen LogP contribution is 2.35. The van der Waals surface area contributed by atoms with Gasteiger partial charge in [0.25, 0.3) is 0 Å². The Hall–Kier alpha value is -1.42. The van der Waals surface area contributed by atoms with Crippen molar-refractivity contribution in [1.29, 1.82) is 0 Å². The normalized spacial score (nSPS) is 13.9. The second kappa shape index (κ2) is 4.22. The maximum absolute atomic E-state index is 9.53. The Morgan fingerprint density at radius 2 is 2.06 bits per heavy atom. The highest BCUT2D eigenvalue weighted by atomic mass is 16.7. The molecule has 0 radical (unpaired) electrons. The Labute approximate surface area is 94.8 Å². The first kappa shape index (κ1) is 11.1. The fourth-order valence-electron chi connectivity index (χ4n) is 1.39. The van der Waals surface area contributed by atoms with E-state index in [2.05, 4.69) is 0 Å². The van der Waals surface area contributed by atoms with Crippen LogP contribution >= 0.6 is 0 Å². The van der Waals surface area contributed by atoms with Crippen molar-refractivity contribution in [2.24, 2.45) is 0 Å². The molecule has 1 heterocycles. The maximum atomic E-state index is 9.53. The maximum Gasteiger partial charge on any atom is 0.231 e. The first-order valence-electron chi connectivity index (χ1n) is 5.29. The summed E-state index contributed by atoms with van der Waals surface area (Å²) in [5.74, 6) is 2.18. The predicted molar refractivity (Wildman–Crippen MR) is 59.0 cm³/mol. The monoisotopic (exact) mass is 224 g/mol. The molecule has 0 saturated heterocycles. The molecule has 88 valence electrons. The first-order valence-corrected chi connectivity index (χ1v) is 5.29. The van der Waals surface area contributed by atoms with Gasteiger partial charge in [-0.05, 0) is 26.0 Å². The lowest BCUT2D eigenvalue weighted by atomic mass is 10.1. The van der Waals surface area contributed by atoms with E-state index in [4.69, 9.17) is 14.2 Å². The summed E-state index contributed by atoms with van der Waals surface area (Å²) < 4.78 is 15.9. The molecule has 0 aromatic heterocycles. The number of benzene rings is 1. The molecule has 1 aromatic carbocycles. The fourth-order valence-corrected chi connectivity index (χ4v) is 1.39. The van der Waals surface area contributed by atoms with Crippen LogP contribution in [0.1, 0.15) is 20.3 Å². The molecular weight excluding hydrogens is 208 g/mol. The van der Waals surface area contributed by atoms with Gasteiger partial charge >= 0.3 is 0 Å². The van der Waals surface area contributed by atoms with Gasteiger partial charge in [-0.1, -0.05) is 0 Å². The third-order valence-corrected chi connectivity index (χ3v) is 2.33. The number of hydrogen-bond donors (Lipinski definition) is 1. The Balaban J connectivity index is 1.91. The predicted octanol–water partition coefficient (Wildman–Crippen LogP) is 1.96. The molecule has 1 aromatic rings. The molecule has 1 N–H and O–H groups in total. The molecule has 4 heteroatoms. The van der Waals surface area contributed by atoms with Crippen LogP contribution in [0.3, 0.4) is 0 Å². The lowest BCUT2D eigenvalue weighted by molar-refractivity contribution is 0.0553. The number of rotatable bonds is 4. The molecule has 0 bridgehead atoms. The summed E-state index contributed by atoms with van der Waals surface area (Å²) in [7, 11) is 0. The SMILES string of the molecule is CC(C)(O)CCOc1ccc2c(c1)OCO2. The third kappa shape index (κ3) is 2.79. The van der Waals surface area contributed by atoms with E-state index in [0.717, 1.165) is 11.5 Å². The smallest absolute Gasteiger partial charge is 0.231 e. The van der Waals surface area contributed by atoms with Crippen LogP contribution in [0.15, 0.2) is 18.2 Å². The van der Waals surface area contributed by atoms with E-state index < -0.39 is 5.60 Å². The average Bonchev–Trinajstić information content (AvgIpc) is 2.62. The number of ether oxygens (including phenoxy) is 3. The van der Waals surface area contributed by atoms with Gasteiger partial charge in [-0.25, -0.2) is 0 Å². The molecule has 0 atom stereocenters. The van der Waals surface area contributed by atoms with Gasteiger partial charge in [0.2, 0.25) is 6.79 Å². The summed E-state index contributed by atoms with van der Waals surface area (Å²) in [4.78, 5) is 0. The second-order valence-electron chi connectivity index (χ2n) is 4.43. The van der Waals surface area contributed by atoms with Gasteiger partial charge in [-0.15, -0.1) is 0 Å². The van der Waals surface area contributed by atoms with E-state index in [-0.39, 0.29) is 6.79 Å². The summed E-state index contributed by atoms with van der Waals surface area (Å²) in [6.45, 7) is 4.26. The Bertz CT molecular complexity index is 368. The van der Waals surface area contributed by atoms with Crippen molar-refractivity contribution < 1.29 is 19.3 Å². The molecule has 0 fully saturated rings. The third-order valence-electron chi connectivity index (χ3n) is 2.33. The van der Waals surface area contributed by atoms with Crippen molar-refractivity contribution in [2.45, 2.75) is 25.9 Å². The summed E-state index contributed by atoms with van der Waals surface area (Å²) in [5.41, 5.74) is -0.698. The highest BCUT2D eigenvalue weighted by molar-refractivity contribution is 5.46. The van der Waals surface area contributed by atoms with E-state index in [9.17, 15) is 5.11 Å². The van der Waals surface area contributed by atoms with Crippen LogP contribution < -0.4 is 14.2 Å². The lowest BCUT2D eigenvalue weighted by Crippen LogP contribution is -2.21. The number of aliphatic hydroxyl groups is 1. The largest absolute Gasteiger partial charge is 0.493 e. The van der Waals surface area contributed by atoms with Gasteiger partial charge in [0.05, 0.1) is 12.2 Å². The van der Waals surface area contributed by atoms with Crippen LogP contribution in [0.2, 0.25) is 0 Å². The van der Waals surface area contributed by atoms with Crippen LogP contribution in [-0.4, -0.2) is 24.1 Å². The molecule has 4 nitrogen and oxygen atoms in total. The zero-order valence-corrected chi connectivity index (χ0v) is 9.53. The molecule has 0 spiro atoms. The van der Waals surface area contributed by atoms with Gasteiger partial charge in [-0.2, -0.15) is 0 Å². The summed E-state index contributed by atoms with van der Waals surface area (Å²) in [6, 6.07) is 5.45. The van der Waals surface area contributed by atoms with E-state index in [1.165, 1.54) is 0 Å². The van der Waals surface area contributed by atoms with Crippen LogP contribution in [0, 0.1) is 0 Å². The van der Waals surface area contributed by atoms with Gasteiger partial charge in [0.15, 0.2) is 11.5 Å². The number of hydrogen-bond acceptors (Lipinski definition) is 4. The fraction of sp³-hybridized carbons (Fsp3) is 0.500. The number of fused-ring (bicyclic) bond motifs is 1. The Morgan fingerprint density at radius 3 is 2.81 bits per heavy atom. The molecule has 0 amide bonds. The molecule has 2 rings (SSSR count). The van der Waals surface area contributed by atoms with Crippen molar-refractivity contribution in [2.75, 3.05) is 13.4 Å². The summed E-state index contributed by atoms with van der Waals surface area (Å²) in [6.07, 6.45) is 0.585. The molecule has 0 aliphatic carbocycles. The van der Waals surface area contributed by atoms with Crippen molar-refractivity contribution >= 4 is 0 Å². The van der Waals surface area contributed by atoms with Gasteiger partial charge < -0.3 is 19.3 Å². The minimum Gasteiger partial charge on any atom is -0.493 e. The molecule has 16 heavy (non-hydrogen) atoms. The Kier molecular flexibility index (Phi) is 2.92. The van der Waals surface area contributed by atoms with Crippen molar-refractivity contribution in [1.82, 2.24) is 0 Å². The minimum atomic E-state index is -0.698. The van der Waals surface area contributed by atoms with Crippen molar-refractivity contribution in [3.63, 3.8) is 0 Å². The van der Waals surface area contributed by atoms with E-state index in [1.807, 2.05) is 12.1 Å². The molecule has 1 aliphatic rings. The second-order valence-corrected chi connectivity index (χ2v) is 4.43. The Morgan fingerprint density at radius 1 is 1.31 bits per heavy atom. The van der Waals surface area contributed by atoms with Gasteiger partial charge in [0.1, 0.15) is 5.75 Å². The van der Waals surface area contributed by atoms with Crippen LogP contribution in [-0.2, 0) is 0 Å². The van der Waals surface area contributed by atoms with Gasteiger partial charge in [0, 0.05) is 12.5 Å². The van der Waals surface area contributed by atoms with E-state index in [0.29, 0.717) is 18.8 Å². The van der Waals surface area contributed by atoms with Crippen LogP contribution in [0.4, 0.5) is 0 Å². The lowest BCUT2D eigenvalue weighted by Gasteiger charge is -2.17.